The maximum atomic E-state index is 12.7. The van der Waals surface area contributed by atoms with Crippen molar-refractivity contribution >= 4 is 15.7 Å². The van der Waals surface area contributed by atoms with Gasteiger partial charge in [-0.25, -0.2) is 8.42 Å². The first-order chi connectivity index (χ1) is 10.4. The molecular formula is C14H17N3O4S. The highest BCUT2D eigenvalue weighted by Crippen LogP contribution is 2.28. The molecule has 118 valence electrons. The quantitative estimate of drug-likeness (QED) is 0.821. The average Bonchev–Trinajstić information content (AvgIpc) is 3.06. The van der Waals surface area contributed by atoms with Crippen LogP contribution in [0.1, 0.15) is 27.7 Å². The van der Waals surface area contributed by atoms with Crippen LogP contribution in [0, 0.1) is 6.92 Å². The molecule has 7 nitrogen and oxygen atoms in total. The summed E-state index contributed by atoms with van der Waals surface area (Å²) >= 11 is 0. The minimum Gasteiger partial charge on any atom is -0.469 e. The van der Waals surface area contributed by atoms with Gasteiger partial charge in [0.2, 0.25) is 0 Å². The number of hydrogen-bond donors (Lipinski definition) is 0. The Morgan fingerprint density at radius 3 is 2.82 bits per heavy atom. The number of rotatable bonds is 2. The smallest absolute Gasteiger partial charge is 0.257 e. The first kappa shape index (κ1) is 14.8. The Morgan fingerprint density at radius 2 is 2.23 bits per heavy atom. The summed E-state index contributed by atoms with van der Waals surface area (Å²) in [5, 5.41) is 4.08. The highest BCUT2D eigenvalue weighted by molar-refractivity contribution is 7.91. The summed E-state index contributed by atoms with van der Waals surface area (Å²) in [7, 11) is -1.41. The molecule has 1 aliphatic heterocycles. The topological polar surface area (TPSA) is 85.4 Å². The molecule has 0 bridgehead atoms. The third kappa shape index (κ3) is 2.66. The van der Waals surface area contributed by atoms with Crippen LogP contribution in [0.15, 0.2) is 29.1 Å². The largest absolute Gasteiger partial charge is 0.469 e. The maximum Gasteiger partial charge on any atom is 0.257 e. The summed E-state index contributed by atoms with van der Waals surface area (Å²) in [5.74, 6) is 0.214. The highest BCUT2D eigenvalue weighted by atomic mass is 32.2. The van der Waals surface area contributed by atoms with Crippen molar-refractivity contribution in [1.29, 1.82) is 0 Å². The number of carbonyl (C=O) groups excluding carboxylic acids is 1. The number of amides is 1. The van der Waals surface area contributed by atoms with Gasteiger partial charge in [-0.3, -0.25) is 9.48 Å². The lowest BCUT2D eigenvalue weighted by Crippen LogP contribution is -2.46. The molecule has 1 saturated heterocycles. The van der Waals surface area contributed by atoms with Gasteiger partial charge in [0.05, 0.1) is 35.6 Å². The van der Waals surface area contributed by atoms with E-state index in [1.54, 1.807) is 42.0 Å². The number of carbonyl (C=O) groups is 1. The van der Waals surface area contributed by atoms with Gasteiger partial charge in [-0.05, 0) is 13.0 Å². The molecule has 8 heteroatoms. The van der Waals surface area contributed by atoms with Crippen LogP contribution in [-0.4, -0.2) is 47.1 Å². The number of sulfone groups is 1. The fourth-order valence-corrected chi connectivity index (χ4v) is 4.20. The lowest BCUT2D eigenvalue weighted by atomic mass is 10.1. The standard InChI is InChI=1S/C14H17N3O4S/c1-10-12(3-5-21-10)14(18)17-4-6-22(19,20)9-13(17)11-7-15-16(2)8-11/h3,5,7-8,13H,4,6,9H2,1-2H3. The molecular weight excluding hydrogens is 306 g/mol. The first-order valence-electron chi connectivity index (χ1n) is 6.91. The molecule has 0 spiro atoms. The average molecular weight is 323 g/mol. The summed E-state index contributed by atoms with van der Waals surface area (Å²) in [4.78, 5) is 14.3. The van der Waals surface area contributed by atoms with E-state index >= 15 is 0 Å². The third-order valence-electron chi connectivity index (χ3n) is 3.89. The number of aromatic nitrogens is 2. The fraction of sp³-hybridized carbons (Fsp3) is 0.429. The van der Waals surface area contributed by atoms with Crippen LogP contribution in [0.25, 0.3) is 0 Å². The van der Waals surface area contributed by atoms with E-state index in [0.29, 0.717) is 11.3 Å². The van der Waals surface area contributed by atoms with Gasteiger partial charge < -0.3 is 9.32 Å². The molecule has 1 aliphatic rings. The first-order valence-corrected chi connectivity index (χ1v) is 8.73. The summed E-state index contributed by atoms with van der Waals surface area (Å²) in [5.41, 5.74) is 1.19. The van der Waals surface area contributed by atoms with Crippen molar-refractivity contribution in [3.63, 3.8) is 0 Å². The van der Waals surface area contributed by atoms with Gasteiger partial charge in [0.1, 0.15) is 5.76 Å². The van der Waals surface area contributed by atoms with Crippen molar-refractivity contribution in [2.45, 2.75) is 13.0 Å². The van der Waals surface area contributed by atoms with Crippen molar-refractivity contribution in [3.8, 4) is 0 Å². The van der Waals surface area contributed by atoms with Gasteiger partial charge in [0, 0.05) is 25.4 Å². The Kier molecular flexibility index (Phi) is 3.56. The normalized spacial score (nSPS) is 21.0. The third-order valence-corrected chi connectivity index (χ3v) is 5.52. The van der Waals surface area contributed by atoms with Crippen molar-refractivity contribution in [1.82, 2.24) is 14.7 Å². The van der Waals surface area contributed by atoms with Gasteiger partial charge in [-0.1, -0.05) is 0 Å². The van der Waals surface area contributed by atoms with E-state index in [-0.39, 0.29) is 24.0 Å². The van der Waals surface area contributed by atoms with Crippen LogP contribution in [0.4, 0.5) is 0 Å². The predicted molar refractivity (Wildman–Crippen MR) is 79.1 cm³/mol. The number of furan rings is 1. The van der Waals surface area contributed by atoms with E-state index in [0.717, 1.165) is 5.56 Å². The highest BCUT2D eigenvalue weighted by Gasteiger charge is 2.36. The molecule has 1 fully saturated rings. The molecule has 1 unspecified atom stereocenters. The molecule has 0 aromatic carbocycles. The summed E-state index contributed by atoms with van der Waals surface area (Å²) in [6, 6.07) is 1.09. The number of aryl methyl sites for hydroxylation is 2. The van der Waals surface area contributed by atoms with Crippen LogP contribution in [0.3, 0.4) is 0 Å². The Hall–Kier alpha value is -2.09. The number of nitrogens with zero attached hydrogens (tertiary/aromatic N) is 3. The molecule has 1 amide bonds. The zero-order valence-corrected chi connectivity index (χ0v) is 13.2. The molecule has 0 aliphatic carbocycles. The van der Waals surface area contributed by atoms with E-state index in [1.807, 2.05) is 0 Å². The van der Waals surface area contributed by atoms with Gasteiger partial charge >= 0.3 is 0 Å². The van der Waals surface area contributed by atoms with E-state index in [1.165, 1.54) is 6.26 Å². The summed E-state index contributed by atoms with van der Waals surface area (Å²) < 4.78 is 30.7. The number of hydrogen-bond acceptors (Lipinski definition) is 5. The molecule has 2 aromatic heterocycles. The molecule has 0 saturated carbocycles. The maximum absolute atomic E-state index is 12.7. The molecule has 0 radical (unpaired) electrons. The second-order valence-corrected chi connectivity index (χ2v) is 7.70. The zero-order chi connectivity index (χ0) is 15.9. The SMILES string of the molecule is Cc1occc1C(=O)N1CCS(=O)(=O)CC1c1cnn(C)c1. The van der Waals surface area contributed by atoms with E-state index < -0.39 is 15.9 Å². The second-order valence-electron chi connectivity index (χ2n) is 5.47. The van der Waals surface area contributed by atoms with Crippen molar-refractivity contribution in [3.05, 3.63) is 41.6 Å². The second kappa shape index (κ2) is 5.28. The molecule has 2 aromatic rings. The molecule has 3 rings (SSSR count). The predicted octanol–water partition coefficient (Wildman–Crippen LogP) is 0.933. The van der Waals surface area contributed by atoms with E-state index in [4.69, 9.17) is 4.42 Å². The van der Waals surface area contributed by atoms with Crippen LogP contribution >= 0.6 is 0 Å². The van der Waals surface area contributed by atoms with Crippen LogP contribution < -0.4 is 0 Å². The minimum atomic E-state index is -3.17. The minimum absolute atomic E-state index is 0.0214. The monoisotopic (exact) mass is 323 g/mol. The van der Waals surface area contributed by atoms with Crippen molar-refractivity contribution < 1.29 is 17.6 Å². The fourth-order valence-electron chi connectivity index (χ4n) is 2.70. The van der Waals surface area contributed by atoms with Crippen molar-refractivity contribution in [2.24, 2.45) is 7.05 Å². The zero-order valence-electron chi connectivity index (χ0n) is 12.4. The molecule has 1 atom stereocenters. The molecule has 3 heterocycles. The summed E-state index contributed by atoms with van der Waals surface area (Å²) in [6.07, 6.45) is 4.81. The van der Waals surface area contributed by atoms with Gasteiger partial charge in [0.15, 0.2) is 9.84 Å². The lowest BCUT2D eigenvalue weighted by molar-refractivity contribution is 0.0695. The van der Waals surface area contributed by atoms with Crippen LogP contribution in [0.2, 0.25) is 0 Å². The van der Waals surface area contributed by atoms with Crippen LogP contribution in [-0.2, 0) is 16.9 Å². The van der Waals surface area contributed by atoms with E-state index in [2.05, 4.69) is 5.10 Å². The summed E-state index contributed by atoms with van der Waals surface area (Å²) in [6.45, 7) is 1.89. The Balaban J connectivity index is 1.97. The Bertz CT molecular complexity index is 806. The van der Waals surface area contributed by atoms with Gasteiger partial charge in [-0.2, -0.15) is 5.10 Å². The molecule has 0 N–H and O–H groups in total. The molecule has 22 heavy (non-hydrogen) atoms. The lowest BCUT2D eigenvalue weighted by Gasteiger charge is -2.34. The van der Waals surface area contributed by atoms with Gasteiger partial charge in [-0.15, -0.1) is 0 Å². The van der Waals surface area contributed by atoms with E-state index in [9.17, 15) is 13.2 Å². The van der Waals surface area contributed by atoms with Crippen molar-refractivity contribution in [2.75, 3.05) is 18.1 Å². The Morgan fingerprint density at radius 1 is 1.45 bits per heavy atom. The van der Waals surface area contributed by atoms with Crippen LogP contribution in [0.5, 0.6) is 0 Å². The van der Waals surface area contributed by atoms with Gasteiger partial charge in [0.25, 0.3) is 5.91 Å². The Labute approximate surface area is 128 Å².